The number of ether oxygens (including phenoxy) is 9. The molecule has 10 N–H and O–H groups in total. The molecule has 4 fully saturated rings. The quantitative estimate of drug-likeness (QED) is 0.0204. The van der Waals surface area contributed by atoms with Crippen molar-refractivity contribution < 1.29 is 66.9 Å². The minimum atomic E-state index is -0.523. The van der Waals surface area contributed by atoms with Crippen molar-refractivity contribution in [1.82, 2.24) is 71.4 Å². The maximum atomic E-state index is 11.8. The number of aliphatic hydroxyl groups excluding tert-OH is 1. The summed E-state index contributed by atoms with van der Waals surface area (Å²) in [6.07, 6.45) is 19.3. The maximum Gasteiger partial charge on any atom is 0.243 e. The first-order valence-corrected chi connectivity index (χ1v) is 45.8. The fourth-order valence-electron chi connectivity index (χ4n) is 16.1. The molecule has 12 aromatic rings. The van der Waals surface area contributed by atoms with E-state index < -0.39 is 6.10 Å². The van der Waals surface area contributed by atoms with Crippen molar-refractivity contribution in [3.8, 4) is 90.5 Å². The number of hydrogen-bond donors (Lipinski definition) is 10. The highest BCUT2D eigenvalue weighted by Gasteiger charge is 2.36. The van der Waals surface area contributed by atoms with Gasteiger partial charge in [-0.15, -0.1) is 0 Å². The molecule has 4 amide bonds. The van der Waals surface area contributed by atoms with Crippen LogP contribution in [0, 0.1) is 0 Å². The predicted octanol–water partition coefficient (Wildman–Crippen LogP) is 17.8. The van der Waals surface area contributed by atoms with Gasteiger partial charge in [-0.05, 0) is 129 Å². The van der Waals surface area contributed by atoms with Gasteiger partial charge in [0.1, 0.15) is 46.0 Å². The first-order valence-electron chi connectivity index (χ1n) is 42.8. The molecule has 2 saturated carbocycles. The molecule has 7 aromatic carbocycles. The monoisotopic (exact) mass is 2010 g/mol. The SMILES string of the molecule is C=CC(=O)N[C@@H]1CCNC[C@@H]1Nc1ncc2cc(-c3c(Cl)c(OC)cc(OC)c3Cl)ccc2n1.C=CC(=O)N[C@H]1CCCC[C@H]1Nc1ncc2cc(-c3c(Cl)c(OC)cc(OC)c3Cl)ccc2n1.C=CC(=O)N[C@H]1CCOC[C@H]1Nc1ncc2cc(-c3c(Cl)c(OC)cc(OC)c3Cl)cnc2n1.C=CC(=O)N[C@H]1C[C@@H](O)C[C@H]1Nc1ncc2cc(-c3c(Cl)c(OC)cc(OC)c3Cl)ccc2n1. The molecule has 2 saturated heterocycles. The van der Waals surface area contributed by atoms with Crippen LogP contribution in [-0.2, 0) is 23.9 Å². The van der Waals surface area contributed by atoms with E-state index in [1.807, 2.05) is 60.7 Å². The number of anilines is 4. The summed E-state index contributed by atoms with van der Waals surface area (Å²) in [7, 11) is 12.2. The van der Waals surface area contributed by atoms with Gasteiger partial charge in [0.2, 0.25) is 47.4 Å². The van der Waals surface area contributed by atoms with Gasteiger partial charge in [0.15, 0.2) is 5.65 Å². The summed E-state index contributed by atoms with van der Waals surface area (Å²) in [5.74, 6) is 4.52. The average molecular weight is 2010 g/mol. The minimum absolute atomic E-state index is 0.00764. The molecule has 4 aliphatic rings. The fourth-order valence-corrected chi connectivity index (χ4v) is 19.0. The fraction of sp³-hybridized carbons (Fsp3) is 0.302. The molecule has 712 valence electrons. The van der Waals surface area contributed by atoms with Crippen molar-refractivity contribution in [2.24, 2.45) is 0 Å². The number of benzene rings is 7. The van der Waals surface area contributed by atoms with Crippen molar-refractivity contribution >= 4 is 184 Å². The Morgan fingerprint density at radius 1 is 0.368 bits per heavy atom. The number of carbonyl (C=O) groups is 4. The molecule has 0 unspecified atom stereocenters. The number of pyridine rings is 1. The van der Waals surface area contributed by atoms with E-state index in [0.29, 0.717) is 193 Å². The molecule has 136 heavy (non-hydrogen) atoms. The number of halogens is 8. The zero-order chi connectivity index (χ0) is 97.1. The summed E-state index contributed by atoms with van der Waals surface area (Å²) in [4.78, 5) is 87.8. The van der Waals surface area contributed by atoms with Gasteiger partial charge in [-0.3, -0.25) is 19.2 Å². The number of methoxy groups -OCH3 is 8. The molecule has 2 aliphatic heterocycles. The Morgan fingerprint density at radius 3 is 1.07 bits per heavy atom. The molecule has 7 heterocycles. The molecule has 2 aliphatic carbocycles. The number of rotatable bonds is 28. The maximum absolute atomic E-state index is 11.8. The summed E-state index contributed by atoms with van der Waals surface area (Å²) in [6, 6.07) is 24.6. The Kier molecular flexibility index (Phi) is 34.9. The second-order valence-corrected chi connectivity index (χ2v) is 34.4. The summed E-state index contributed by atoms with van der Waals surface area (Å²) in [5, 5.41) is 44.5. The van der Waals surface area contributed by atoms with Crippen LogP contribution in [-0.4, -0.2) is 211 Å². The standard InChI is InChI=1S/C25H26Cl2N4O3.C24H25Cl2N5O3.C24H24Cl2N4O4.C23H23Cl2N5O4/c1-4-21(32)29-17-7-5-6-8-18(17)31-25-28-13-15-11-14(9-10-16(15)30-25)22-23(26)19(33-2)12-20(34-3)24(22)27;1-4-20(32)29-16-7-8-27-12-17(16)31-24-28-11-14-9-13(5-6-15(14)30-24)21-22(25)18(33-2)10-19(34-3)23(21)26;1-4-20(32)28-16-8-14(31)9-17(16)30-24-27-11-13-7-12(5-6-15(13)29-24)21-22(25)18(33-2)10-19(34-3)23(21)26;1-4-18(31)28-14-5-6-34-11-15(14)29-23-27-10-13-7-12(9-26-22(13)30-23)19-20(24)16(32-2)8-17(33-3)21(19)25/h4,9-13,17-18H,1,5-8H2,2-3H3,(H,29,32)(H,28,30,31);4-6,9-11,16-17,27H,1,7-8,12H2,2-3H3,(H,29,32)(H,28,30,31);4-7,10-11,14,16-17,31H,1,8-9H2,2-3H3,(H,28,32)(H,27,29,30);4,7-10,14-15H,1,5-6,11H2,2-3H3,(H,28,31)(H,26,27,29,30)/t17-,18+;16-,17+;14-,16+,17-;14-,15+/m0110/s1. The minimum Gasteiger partial charge on any atom is -0.495 e. The number of piperidine rings is 1. The van der Waals surface area contributed by atoms with Gasteiger partial charge in [-0.2, -0.15) is 4.98 Å². The normalized spacial score (nSPS) is 18.2. The van der Waals surface area contributed by atoms with Crippen molar-refractivity contribution in [2.45, 2.75) is 106 Å². The third-order valence-electron chi connectivity index (χ3n) is 23.1. The molecule has 0 bridgehead atoms. The zero-order valence-electron chi connectivity index (χ0n) is 75.1. The van der Waals surface area contributed by atoms with Crippen LogP contribution >= 0.6 is 92.8 Å². The highest BCUT2D eigenvalue weighted by Crippen LogP contribution is 2.51. The van der Waals surface area contributed by atoms with Gasteiger partial charge in [-0.25, -0.2) is 39.9 Å². The molecule has 16 rings (SSSR count). The van der Waals surface area contributed by atoms with Gasteiger partial charge in [0, 0.05) is 130 Å². The molecule has 0 radical (unpaired) electrons. The number of fused-ring (bicyclic) bond motifs is 4. The number of nitrogens with zero attached hydrogens (tertiary/aromatic N) is 9. The van der Waals surface area contributed by atoms with Crippen LogP contribution in [0.2, 0.25) is 40.2 Å². The van der Waals surface area contributed by atoms with Crippen LogP contribution in [0.4, 0.5) is 23.8 Å². The summed E-state index contributed by atoms with van der Waals surface area (Å²) in [6.45, 7) is 16.5. The van der Waals surface area contributed by atoms with Crippen molar-refractivity contribution in [3.05, 3.63) is 207 Å². The summed E-state index contributed by atoms with van der Waals surface area (Å²) < 4.78 is 48.5. The topological polar surface area (TPSA) is 396 Å². The van der Waals surface area contributed by atoms with E-state index >= 15 is 0 Å². The number of aliphatic hydroxyl groups is 1. The van der Waals surface area contributed by atoms with Crippen LogP contribution in [0.15, 0.2) is 167 Å². The first kappa shape index (κ1) is 101. The molecule has 40 heteroatoms. The smallest absolute Gasteiger partial charge is 0.243 e. The zero-order valence-corrected chi connectivity index (χ0v) is 81.1. The molecular formula is C96H98Cl8N18O14. The number of aromatic nitrogens is 9. The van der Waals surface area contributed by atoms with Crippen molar-refractivity contribution in [1.29, 1.82) is 0 Å². The van der Waals surface area contributed by atoms with Gasteiger partial charge in [0.25, 0.3) is 0 Å². The second-order valence-electron chi connectivity index (χ2n) is 31.4. The Hall–Kier alpha value is -12.3. The summed E-state index contributed by atoms with van der Waals surface area (Å²) >= 11 is 52.5. The second kappa shape index (κ2) is 47.0. The summed E-state index contributed by atoms with van der Waals surface area (Å²) in [5.41, 5.74) is 8.05. The van der Waals surface area contributed by atoms with Crippen LogP contribution in [0.5, 0.6) is 46.0 Å². The van der Waals surface area contributed by atoms with Crippen LogP contribution in [0.25, 0.3) is 88.2 Å². The van der Waals surface area contributed by atoms with Crippen molar-refractivity contribution in [2.75, 3.05) is 104 Å². The van der Waals surface area contributed by atoms with E-state index in [4.69, 9.17) is 135 Å². The van der Waals surface area contributed by atoms with E-state index in [1.165, 1.54) is 67.0 Å². The number of carbonyl (C=O) groups excluding carboxylic acids is 4. The largest absolute Gasteiger partial charge is 0.495 e. The van der Waals surface area contributed by atoms with Crippen LogP contribution < -0.4 is 85.7 Å². The molecular weight excluding hydrogens is 1910 g/mol. The molecule has 9 atom stereocenters. The average Bonchev–Trinajstić information content (AvgIpc) is 0.848. The molecule has 5 aromatic heterocycles. The lowest BCUT2D eigenvalue weighted by Crippen LogP contribution is -2.55. The highest BCUT2D eigenvalue weighted by atomic mass is 35.5. The highest BCUT2D eigenvalue weighted by molar-refractivity contribution is 6.43. The molecule has 32 nitrogen and oxygen atoms in total. The van der Waals surface area contributed by atoms with E-state index in [0.717, 1.165) is 82.5 Å². The molecule has 0 spiro atoms. The number of hydrogen-bond acceptors (Lipinski definition) is 28. The van der Waals surface area contributed by atoms with Gasteiger partial charge >= 0.3 is 0 Å². The van der Waals surface area contributed by atoms with Gasteiger partial charge < -0.3 is 95.6 Å². The van der Waals surface area contributed by atoms with Crippen LogP contribution in [0.1, 0.15) is 51.4 Å². The van der Waals surface area contributed by atoms with E-state index in [-0.39, 0.29) is 72.0 Å². The van der Waals surface area contributed by atoms with Crippen molar-refractivity contribution in [3.63, 3.8) is 0 Å². The number of nitrogens with one attached hydrogen (secondary N) is 9. The lowest BCUT2D eigenvalue weighted by Gasteiger charge is -2.33. The number of amides is 4. The van der Waals surface area contributed by atoms with Crippen LogP contribution in [0.3, 0.4) is 0 Å². The lowest BCUT2D eigenvalue weighted by molar-refractivity contribution is -0.118. The van der Waals surface area contributed by atoms with E-state index in [9.17, 15) is 24.3 Å². The van der Waals surface area contributed by atoms with E-state index in [2.05, 4.69) is 119 Å². The third kappa shape index (κ3) is 23.8. The van der Waals surface area contributed by atoms with E-state index in [1.54, 1.807) is 69.5 Å². The first-order chi connectivity index (χ1) is 65.7. The third-order valence-corrected chi connectivity index (χ3v) is 26.1. The Bertz CT molecular complexity index is 5640. The van der Waals surface area contributed by atoms with Gasteiger partial charge in [-0.1, -0.05) is 150 Å². The lowest BCUT2D eigenvalue weighted by atomic mass is 9.90. The predicted molar refractivity (Wildman–Crippen MR) is 535 cm³/mol. The Balaban J connectivity index is 0.000000153. The Labute approximate surface area is 824 Å². The van der Waals surface area contributed by atoms with Gasteiger partial charge in [0.05, 0.1) is 163 Å². The Morgan fingerprint density at radius 2 is 0.684 bits per heavy atom.